The normalized spacial score (nSPS) is 30.2. The van der Waals surface area contributed by atoms with E-state index in [0.717, 1.165) is 5.75 Å². The largest absolute Gasteiger partial charge is 0.451 e. The molecule has 0 saturated carbocycles. The van der Waals surface area contributed by atoms with Crippen LogP contribution in [-0.4, -0.2) is 45.9 Å². The predicted octanol–water partition coefficient (Wildman–Crippen LogP) is 2.47. The van der Waals surface area contributed by atoms with Gasteiger partial charge in [0.25, 0.3) is 0 Å². The number of alkyl halides is 1. The van der Waals surface area contributed by atoms with Gasteiger partial charge in [-0.25, -0.2) is 0 Å². The predicted molar refractivity (Wildman–Crippen MR) is 84.3 cm³/mol. The molecule has 112 valence electrons. The van der Waals surface area contributed by atoms with E-state index in [2.05, 4.69) is 4.99 Å². The van der Waals surface area contributed by atoms with Crippen LogP contribution in [0.25, 0.3) is 0 Å². The summed E-state index contributed by atoms with van der Waals surface area (Å²) in [5, 5.41) is 9.05. The molecule has 1 saturated heterocycles. The standard InChI is InChI=1S/C13H13Cl2N3O2S/c1-9(19)20-13(4-2-3-10(14)11(13)15)7-18-5-6-21-12(18)17-8-16/h2-4,11H,5-7H2,1H3. The maximum Gasteiger partial charge on any atom is 0.303 e. The second-order valence-electron chi connectivity index (χ2n) is 4.59. The van der Waals surface area contributed by atoms with Crippen molar-refractivity contribution in [3.8, 4) is 6.19 Å². The molecule has 0 aromatic rings. The Morgan fingerprint density at radius 1 is 1.76 bits per heavy atom. The highest BCUT2D eigenvalue weighted by molar-refractivity contribution is 8.14. The third kappa shape index (κ3) is 3.54. The maximum atomic E-state index is 11.5. The first kappa shape index (κ1) is 16.2. The lowest BCUT2D eigenvalue weighted by atomic mass is 9.93. The molecule has 2 atom stereocenters. The van der Waals surface area contributed by atoms with Crippen LogP contribution in [0.1, 0.15) is 6.92 Å². The number of rotatable bonds is 3. The average Bonchev–Trinajstić information content (AvgIpc) is 2.83. The molecule has 0 aromatic heterocycles. The second-order valence-corrected chi connectivity index (χ2v) is 6.52. The number of aliphatic imine (C=N–C) groups is 1. The van der Waals surface area contributed by atoms with Gasteiger partial charge in [0.2, 0.25) is 6.19 Å². The van der Waals surface area contributed by atoms with Crippen molar-refractivity contribution in [2.24, 2.45) is 4.99 Å². The minimum Gasteiger partial charge on any atom is -0.451 e. The number of esters is 1. The van der Waals surface area contributed by atoms with E-state index in [0.29, 0.717) is 23.3 Å². The molecule has 5 nitrogen and oxygen atoms in total. The number of carbonyl (C=O) groups excluding carboxylic acids is 1. The minimum atomic E-state index is -1.07. The zero-order valence-corrected chi connectivity index (χ0v) is 13.6. The van der Waals surface area contributed by atoms with Crippen molar-refractivity contribution in [3.63, 3.8) is 0 Å². The number of hydrogen-bond acceptors (Lipinski definition) is 5. The molecule has 0 spiro atoms. The van der Waals surface area contributed by atoms with Crippen molar-refractivity contribution >= 4 is 46.1 Å². The van der Waals surface area contributed by atoms with Gasteiger partial charge in [0.15, 0.2) is 10.8 Å². The van der Waals surface area contributed by atoms with E-state index in [1.165, 1.54) is 18.7 Å². The molecule has 2 rings (SSSR count). The van der Waals surface area contributed by atoms with Crippen LogP contribution in [0.2, 0.25) is 0 Å². The molecule has 0 amide bonds. The van der Waals surface area contributed by atoms with Gasteiger partial charge in [-0.1, -0.05) is 29.4 Å². The van der Waals surface area contributed by atoms with Gasteiger partial charge in [-0.05, 0) is 12.2 Å². The van der Waals surface area contributed by atoms with Crippen LogP contribution >= 0.6 is 35.0 Å². The smallest absolute Gasteiger partial charge is 0.303 e. The van der Waals surface area contributed by atoms with Crippen LogP contribution in [0, 0.1) is 11.5 Å². The van der Waals surface area contributed by atoms with Crippen LogP contribution in [-0.2, 0) is 9.53 Å². The molecular weight excluding hydrogens is 333 g/mol. The topological polar surface area (TPSA) is 65.7 Å². The van der Waals surface area contributed by atoms with E-state index in [4.69, 9.17) is 33.2 Å². The summed E-state index contributed by atoms with van der Waals surface area (Å²) in [5.41, 5.74) is -1.07. The summed E-state index contributed by atoms with van der Waals surface area (Å²) in [7, 11) is 0. The molecule has 1 aliphatic carbocycles. The Labute approximate surface area is 137 Å². The summed E-state index contributed by atoms with van der Waals surface area (Å²) in [5.74, 6) is 0.374. The summed E-state index contributed by atoms with van der Waals surface area (Å²) in [6, 6.07) is 0. The zero-order valence-electron chi connectivity index (χ0n) is 11.3. The summed E-state index contributed by atoms with van der Waals surface area (Å²) < 4.78 is 5.48. The fraction of sp³-hybridized carbons (Fsp3) is 0.462. The fourth-order valence-electron chi connectivity index (χ4n) is 2.25. The summed E-state index contributed by atoms with van der Waals surface area (Å²) in [6.07, 6.45) is 6.89. The molecule has 1 fully saturated rings. The number of nitriles is 1. The lowest BCUT2D eigenvalue weighted by Gasteiger charge is -2.38. The second kappa shape index (κ2) is 6.73. The van der Waals surface area contributed by atoms with Gasteiger partial charge in [-0.3, -0.25) is 4.79 Å². The Bertz CT molecular complexity index is 570. The highest BCUT2D eigenvalue weighted by atomic mass is 35.5. The van der Waals surface area contributed by atoms with Crippen LogP contribution < -0.4 is 0 Å². The molecule has 2 aliphatic rings. The summed E-state index contributed by atoms with van der Waals surface area (Å²) in [6.45, 7) is 2.33. The van der Waals surface area contributed by atoms with Crippen molar-refractivity contribution in [2.75, 3.05) is 18.8 Å². The third-order valence-corrected chi connectivity index (χ3v) is 5.14. The number of thioether (sulfide) groups is 1. The van der Waals surface area contributed by atoms with Crippen LogP contribution in [0.5, 0.6) is 0 Å². The van der Waals surface area contributed by atoms with Gasteiger partial charge in [-0.15, -0.1) is 16.6 Å². The van der Waals surface area contributed by atoms with E-state index in [-0.39, 0.29) is 0 Å². The van der Waals surface area contributed by atoms with Crippen molar-refractivity contribution in [1.29, 1.82) is 5.26 Å². The number of allylic oxidation sites excluding steroid dienone is 2. The molecular formula is C13H13Cl2N3O2S. The molecule has 0 radical (unpaired) electrons. The molecule has 2 unspecified atom stereocenters. The van der Waals surface area contributed by atoms with E-state index >= 15 is 0 Å². The Morgan fingerprint density at radius 2 is 2.52 bits per heavy atom. The number of halogens is 2. The molecule has 1 aliphatic heterocycles. The van der Waals surface area contributed by atoms with Crippen LogP contribution in [0.3, 0.4) is 0 Å². The molecule has 0 bridgehead atoms. The Balaban J connectivity index is 2.28. The zero-order chi connectivity index (χ0) is 15.5. The number of hydrogen-bond donors (Lipinski definition) is 0. The Hall–Kier alpha value is -1.16. The molecule has 8 heteroatoms. The van der Waals surface area contributed by atoms with Crippen molar-refractivity contribution in [2.45, 2.75) is 17.9 Å². The maximum absolute atomic E-state index is 11.5. The third-order valence-electron chi connectivity index (χ3n) is 3.09. The van der Waals surface area contributed by atoms with Crippen LogP contribution in [0.4, 0.5) is 0 Å². The van der Waals surface area contributed by atoms with Crippen molar-refractivity contribution in [3.05, 3.63) is 23.3 Å². The van der Waals surface area contributed by atoms with Gasteiger partial charge in [0.1, 0.15) is 5.38 Å². The van der Waals surface area contributed by atoms with Crippen LogP contribution in [0.15, 0.2) is 28.3 Å². The van der Waals surface area contributed by atoms with E-state index < -0.39 is 16.9 Å². The molecule has 0 aromatic carbocycles. The van der Waals surface area contributed by atoms with Gasteiger partial charge in [-0.2, -0.15) is 5.26 Å². The molecule has 21 heavy (non-hydrogen) atoms. The lowest BCUT2D eigenvalue weighted by Crippen LogP contribution is -2.52. The first-order chi connectivity index (χ1) is 9.98. The quantitative estimate of drug-likeness (QED) is 0.446. The first-order valence-electron chi connectivity index (χ1n) is 6.21. The van der Waals surface area contributed by atoms with Gasteiger partial charge in [0, 0.05) is 24.3 Å². The molecule has 0 N–H and O–H groups in total. The lowest BCUT2D eigenvalue weighted by molar-refractivity contribution is -0.152. The highest BCUT2D eigenvalue weighted by Gasteiger charge is 2.44. The highest BCUT2D eigenvalue weighted by Crippen LogP contribution is 2.36. The first-order valence-corrected chi connectivity index (χ1v) is 8.01. The van der Waals surface area contributed by atoms with E-state index in [9.17, 15) is 4.79 Å². The summed E-state index contributed by atoms with van der Waals surface area (Å²) >= 11 is 13.9. The van der Waals surface area contributed by atoms with Gasteiger partial charge in [0.05, 0.1) is 6.54 Å². The number of ether oxygens (including phenoxy) is 1. The van der Waals surface area contributed by atoms with Crippen molar-refractivity contribution < 1.29 is 9.53 Å². The van der Waals surface area contributed by atoms with E-state index in [1.54, 1.807) is 24.4 Å². The van der Waals surface area contributed by atoms with E-state index in [1.807, 2.05) is 4.90 Å². The van der Waals surface area contributed by atoms with Gasteiger partial charge < -0.3 is 9.64 Å². The summed E-state index contributed by atoms with van der Waals surface area (Å²) in [4.78, 5) is 17.1. The van der Waals surface area contributed by atoms with Crippen molar-refractivity contribution in [1.82, 2.24) is 4.90 Å². The Morgan fingerprint density at radius 3 is 3.19 bits per heavy atom. The molecule has 1 heterocycles. The number of nitrogens with zero attached hydrogens (tertiary/aromatic N) is 3. The average molecular weight is 346 g/mol. The van der Waals surface area contributed by atoms with Gasteiger partial charge >= 0.3 is 5.97 Å². The minimum absolute atomic E-state index is 0.300. The fourth-order valence-corrected chi connectivity index (χ4v) is 3.70. The Kier molecular flexibility index (Phi) is 5.20. The SMILES string of the molecule is CC(=O)OC1(CN2CCSC2=NC#N)C=CC=C(Cl)C1Cl. The number of amidine groups is 1. The monoisotopic (exact) mass is 345 g/mol. The number of carbonyl (C=O) groups is 1.